The summed E-state index contributed by atoms with van der Waals surface area (Å²) in [6, 6.07) is 16.9. The molecule has 0 amide bonds. The van der Waals surface area contributed by atoms with Crippen LogP contribution in [0.5, 0.6) is 5.75 Å². The summed E-state index contributed by atoms with van der Waals surface area (Å²) in [5.74, 6) is 0.420. The van der Waals surface area contributed by atoms with E-state index in [1.54, 1.807) is 36.0 Å². The Kier molecular flexibility index (Phi) is 5.50. The molecule has 0 aromatic heterocycles. The van der Waals surface area contributed by atoms with Crippen molar-refractivity contribution in [2.24, 2.45) is 0 Å². The Morgan fingerprint density at radius 2 is 1.75 bits per heavy atom. The molecule has 4 heteroatoms. The molecule has 0 spiro atoms. The van der Waals surface area contributed by atoms with Gasteiger partial charge in [0.1, 0.15) is 11.3 Å². The first-order chi connectivity index (χ1) is 9.77. The minimum Gasteiger partial charge on any atom is -0.493 e. The van der Waals surface area contributed by atoms with Crippen LogP contribution >= 0.6 is 11.8 Å². The van der Waals surface area contributed by atoms with Gasteiger partial charge in [-0.15, -0.1) is 11.8 Å². The highest BCUT2D eigenvalue weighted by Gasteiger charge is 2.09. The van der Waals surface area contributed by atoms with Crippen molar-refractivity contribution in [1.29, 1.82) is 0 Å². The van der Waals surface area contributed by atoms with E-state index in [9.17, 15) is 4.79 Å². The molecule has 0 fully saturated rings. The third kappa shape index (κ3) is 4.31. The Morgan fingerprint density at radius 1 is 1.05 bits per heavy atom. The Labute approximate surface area is 122 Å². The molecule has 1 N–H and O–H groups in total. The topological polar surface area (TPSA) is 46.5 Å². The van der Waals surface area contributed by atoms with Crippen molar-refractivity contribution >= 4 is 17.7 Å². The zero-order valence-corrected chi connectivity index (χ0v) is 11.8. The van der Waals surface area contributed by atoms with E-state index >= 15 is 0 Å². The van der Waals surface area contributed by atoms with E-state index < -0.39 is 5.97 Å². The van der Waals surface area contributed by atoms with Crippen LogP contribution in [0.15, 0.2) is 59.5 Å². The fraction of sp³-hybridized carbons (Fsp3) is 0.188. The summed E-state index contributed by atoms with van der Waals surface area (Å²) >= 11 is 1.77. The predicted octanol–water partition coefficient (Wildman–Crippen LogP) is 3.95. The first-order valence-electron chi connectivity index (χ1n) is 6.40. The summed E-state index contributed by atoms with van der Waals surface area (Å²) < 4.78 is 5.54. The molecule has 0 radical (unpaired) electrons. The lowest BCUT2D eigenvalue weighted by molar-refractivity contribution is 0.0692. The second-order valence-corrected chi connectivity index (χ2v) is 5.33. The van der Waals surface area contributed by atoms with Gasteiger partial charge in [-0.2, -0.15) is 0 Å². The van der Waals surface area contributed by atoms with Crippen LogP contribution in [0, 0.1) is 0 Å². The quantitative estimate of drug-likeness (QED) is 0.619. The molecule has 2 aromatic carbocycles. The van der Waals surface area contributed by atoms with Gasteiger partial charge in [0, 0.05) is 10.6 Å². The molecule has 2 aromatic rings. The lowest BCUT2D eigenvalue weighted by Gasteiger charge is -2.08. The molecule has 20 heavy (non-hydrogen) atoms. The molecule has 0 aliphatic heterocycles. The van der Waals surface area contributed by atoms with Crippen molar-refractivity contribution in [1.82, 2.24) is 0 Å². The van der Waals surface area contributed by atoms with Crippen LogP contribution in [0.2, 0.25) is 0 Å². The molecule has 0 atom stereocenters. The van der Waals surface area contributed by atoms with Crippen molar-refractivity contribution in [2.45, 2.75) is 11.3 Å². The van der Waals surface area contributed by atoms with Crippen molar-refractivity contribution in [3.8, 4) is 5.75 Å². The normalized spacial score (nSPS) is 10.2. The van der Waals surface area contributed by atoms with E-state index in [1.807, 2.05) is 18.2 Å². The van der Waals surface area contributed by atoms with Gasteiger partial charge in [-0.1, -0.05) is 30.3 Å². The van der Waals surface area contributed by atoms with Crippen molar-refractivity contribution in [2.75, 3.05) is 12.4 Å². The van der Waals surface area contributed by atoms with E-state index in [2.05, 4.69) is 12.1 Å². The van der Waals surface area contributed by atoms with Crippen LogP contribution < -0.4 is 4.74 Å². The number of rotatable bonds is 7. The zero-order chi connectivity index (χ0) is 14.2. The number of aromatic carboxylic acids is 1. The number of benzene rings is 2. The number of thioether (sulfide) groups is 1. The number of carboxylic acids is 1. The average molecular weight is 288 g/mol. The zero-order valence-electron chi connectivity index (χ0n) is 11.0. The molecule has 0 saturated heterocycles. The predicted molar refractivity (Wildman–Crippen MR) is 80.7 cm³/mol. The van der Waals surface area contributed by atoms with Gasteiger partial charge in [-0.3, -0.25) is 0 Å². The number of para-hydroxylation sites is 1. The van der Waals surface area contributed by atoms with E-state index in [4.69, 9.17) is 9.84 Å². The fourth-order valence-electron chi connectivity index (χ4n) is 1.72. The van der Waals surface area contributed by atoms with Gasteiger partial charge in [0.25, 0.3) is 0 Å². The molecular weight excluding hydrogens is 272 g/mol. The van der Waals surface area contributed by atoms with E-state index in [0.717, 1.165) is 12.2 Å². The Morgan fingerprint density at radius 3 is 2.50 bits per heavy atom. The van der Waals surface area contributed by atoms with Gasteiger partial charge in [0.15, 0.2) is 0 Å². The number of ether oxygens (including phenoxy) is 1. The van der Waals surface area contributed by atoms with E-state index in [0.29, 0.717) is 12.4 Å². The summed E-state index contributed by atoms with van der Waals surface area (Å²) in [5.41, 5.74) is 0.211. The maximum atomic E-state index is 11.0. The molecule has 0 unspecified atom stereocenters. The summed E-state index contributed by atoms with van der Waals surface area (Å²) in [7, 11) is 0. The second-order valence-electron chi connectivity index (χ2n) is 4.16. The molecule has 0 saturated carbocycles. The van der Waals surface area contributed by atoms with E-state index in [-0.39, 0.29) is 5.56 Å². The highest BCUT2D eigenvalue weighted by atomic mass is 32.2. The van der Waals surface area contributed by atoms with Crippen LogP contribution in [-0.4, -0.2) is 23.4 Å². The lowest BCUT2D eigenvalue weighted by Crippen LogP contribution is -2.04. The van der Waals surface area contributed by atoms with Gasteiger partial charge < -0.3 is 9.84 Å². The van der Waals surface area contributed by atoms with Gasteiger partial charge in [0.2, 0.25) is 0 Å². The van der Waals surface area contributed by atoms with Gasteiger partial charge in [-0.05, 0) is 30.7 Å². The smallest absolute Gasteiger partial charge is 0.339 e. The molecule has 0 aliphatic carbocycles. The van der Waals surface area contributed by atoms with Gasteiger partial charge >= 0.3 is 5.97 Å². The van der Waals surface area contributed by atoms with Crippen LogP contribution in [0.4, 0.5) is 0 Å². The minimum absolute atomic E-state index is 0.211. The second kappa shape index (κ2) is 7.60. The maximum absolute atomic E-state index is 11.0. The summed E-state index contributed by atoms with van der Waals surface area (Å²) in [6.07, 6.45) is 0.869. The van der Waals surface area contributed by atoms with Gasteiger partial charge in [-0.25, -0.2) is 4.79 Å². The highest BCUT2D eigenvalue weighted by molar-refractivity contribution is 7.99. The molecule has 2 rings (SSSR count). The Balaban J connectivity index is 1.75. The van der Waals surface area contributed by atoms with Crippen molar-refractivity contribution in [3.63, 3.8) is 0 Å². The van der Waals surface area contributed by atoms with Gasteiger partial charge in [0.05, 0.1) is 6.61 Å². The molecule has 0 heterocycles. The van der Waals surface area contributed by atoms with Crippen LogP contribution in [-0.2, 0) is 0 Å². The summed E-state index contributed by atoms with van der Waals surface area (Å²) in [6.45, 7) is 0.518. The summed E-state index contributed by atoms with van der Waals surface area (Å²) in [5, 5.41) is 9.03. The Bertz CT molecular complexity index is 555. The van der Waals surface area contributed by atoms with Crippen LogP contribution in [0.25, 0.3) is 0 Å². The first kappa shape index (κ1) is 14.5. The van der Waals surface area contributed by atoms with E-state index in [1.165, 1.54) is 4.90 Å². The van der Waals surface area contributed by atoms with Crippen LogP contribution in [0.1, 0.15) is 16.8 Å². The minimum atomic E-state index is -0.959. The maximum Gasteiger partial charge on any atom is 0.339 e. The third-order valence-electron chi connectivity index (χ3n) is 2.68. The number of carboxylic acid groups (broad SMARTS) is 1. The summed E-state index contributed by atoms with van der Waals surface area (Å²) in [4.78, 5) is 12.2. The lowest BCUT2D eigenvalue weighted by atomic mass is 10.2. The first-order valence-corrected chi connectivity index (χ1v) is 7.39. The standard InChI is InChI=1S/C16H16O3S/c17-16(18)14-9-4-5-10-15(14)19-11-6-12-20-13-7-2-1-3-8-13/h1-5,7-10H,6,11-12H2,(H,17,18). The average Bonchev–Trinajstić information content (AvgIpc) is 2.48. The molecule has 0 bridgehead atoms. The molecular formula is C16H16O3S. The number of carbonyl (C=O) groups is 1. The highest BCUT2D eigenvalue weighted by Crippen LogP contribution is 2.20. The SMILES string of the molecule is O=C(O)c1ccccc1OCCCSc1ccccc1. The van der Waals surface area contributed by atoms with Crippen LogP contribution in [0.3, 0.4) is 0 Å². The Hall–Kier alpha value is -1.94. The number of hydrogen-bond donors (Lipinski definition) is 1. The monoisotopic (exact) mass is 288 g/mol. The molecule has 3 nitrogen and oxygen atoms in total. The third-order valence-corrected chi connectivity index (χ3v) is 3.77. The molecule has 104 valence electrons. The van der Waals surface area contributed by atoms with Crippen molar-refractivity contribution < 1.29 is 14.6 Å². The molecule has 0 aliphatic rings. The fourth-order valence-corrected chi connectivity index (χ4v) is 2.56. The van der Waals surface area contributed by atoms with Crippen molar-refractivity contribution in [3.05, 3.63) is 60.2 Å². The number of hydrogen-bond acceptors (Lipinski definition) is 3. The largest absolute Gasteiger partial charge is 0.493 e.